The molecule has 6 nitrogen and oxygen atoms in total. The van der Waals surface area contributed by atoms with Crippen LogP contribution < -0.4 is 20.2 Å². The fourth-order valence-electron chi connectivity index (χ4n) is 2.00. The van der Waals surface area contributed by atoms with Gasteiger partial charge >= 0.3 is 0 Å². The number of aromatic nitrogens is 1. The van der Waals surface area contributed by atoms with Gasteiger partial charge in [-0.05, 0) is 25.0 Å². The number of hydrogen-bond donors (Lipinski definition) is 2. The maximum absolute atomic E-state index is 12.0. The number of rotatable bonds is 8. The van der Waals surface area contributed by atoms with Crippen LogP contribution in [0.25, 0.3) is 0 Å². The molecule has 2 aromatic rings. The summed E-state index contributed by atoms with van der Waals surface area (Å²) in [6.45, 7) is 6.62. The van der Waals surface area contributed by atoms with Gasteiger partial charge in [-0.15, -0.1) is 0 Å². The minimum absolute atomic E-state index is 0.0805. The zero-order valence-electron chi connectivity index (χ0n) is 14.8. The number of amides is 1. The van der Waals surface area contributed by atoms with Crippen LogP contribution in [0, 0.1) is 12.8 Å². The Bertz CT molecular complexity index is 751. The predicted molar refractivity (Wildman–Crippen MR) is 95.9 cm³/mol. The van der Waals surface area contributed by atoms with E-state index in [1.165, 1.54) is 12.3 Å². The van der Waals surface area contributed by atoms with Crippen molar-refractivity contribution in [3.8, 4) is 11.5 Å². The van der Waals surface area contributed by atoms with Crippen molar-refractivity contribution < 1.29 is 14.3 Å². The van der Waals surface area contributed by atoms with Crippen LogP contribution in [0.2, 0.25) is 0 Å². The Morgan fingerprint density at radius 3 is 2.56 bits per heavy atom. The van der Waals surface area contributed by atoms with E-state index in [9.17, 15) is 9.59 Å². The Kier molecular flexibility index (Phi) is 6.62. The second-order valence-corrected chi connectivity index (χ2v) is 6.27. The monoisotopic (exact) mass is 344 g/mol. The second-order valence-electron chi connectivity index (χ2n) is 6.27. The summed E-state index contributed by atoms with van der Waals surface area (Å²) in [6, 6.07) is 8.89. The molecule has 2 rings (SSSR count). The van der Waals surface area contributed by atoms with Gasteiger partial charge in [-0.3, -0.25) is 9.59 Å². The molecule has 0 saturated heterocycles. The average molecular weight is 344 g/mol. The first-order valence-electron chi connectivity index (χ1n) is 8.24. The van der Waals surface area contributed by atoms with Gasteiger partial charge in [0.1, 0.15) is 5.75 Å². The van der Waals surface area contributed by atoms with E-state index in [1.807, 2.05) is 45.0 Å². The summed E-state index contributed by atoms with van der Waals surface area (Å²) in [5.41, 5.74) is 1.52. The van der Waals surface area contributed by atoms with Crippen LogP contribution in [0.15, 0.2) is 41.3 Å². The molecule has 0 fully saturated rings. The van der Waals surface area contributed by atoms with E-state index >= 15 is 0 Å². The molecule has 0 radical (unpaired) electrons. The minimum Gasteiger partial charge on any atom is -0.488 e. The van der Waals surface area contributed by atoms with Gasteiger partial charge in [-0.1, -0.05) is 31.5 Å². The van der Waals surface area contributed by atoms with Crippen molar-refractivity contribution in [1.82, 2.24) is 10.3 Å². The van der Waals surface area contributed by atoms with Crippen LogP contribution in [0.3, 0.4) is 0 Å². The predicted octanol–water partition coefficient (Wildman–Crippen LogP) is 2.41. The van der Waals surface area contributed by atoms with Gasteiger partial charge in [0.15, 0.2) is 12.4 Å². The van der Waals surface area contributed by atoms with Crippen molar-refractivity contribution in [3.63, 3.8) is 0 Å². The molecule has 0 aliphatic rings. The first kappa shape index (κ1) is 18.6. The van der Waals surface area contributed by atoms with Crippen LogP contribution in [0.1, 0.15) is 25.1 Å². The van der Waals surface area contributed by atoms with Crippen LogP contribution in [0.4, 0.5) is 0 Å². The first-order valence-corrected chi connectivity index (χ1v) is 8.24. The maximum Gasteiger partial charge on any atom is 0.258 e. The smallest absolute Gasteiger partial charge is 0.258 e. The summed E-state index contributed by atoms with van der Waals surface area (Å²) >= 11 is 0. The van der Waals surface area contributed by atoms with Gasteiger partial charge in [-0.2, -0.15) is 0 Å². The molecule has 134 valence electrons. The molecule has 0 aliphatic carbocycles. The highest BCUT2D eigenvalue weighted by atomic mass is 16.5. The van der Waals surface area contributed by atoms with E-state index in [0.29, 0.717) is 24.0 Å². The molecule has 1 heterocycles. The normalized spacial score (nSPS) is 10.6. The number of aromatic amines is 1. The number of carbonyl (C=O) groups excluding carboxylic acids is 1. The van der Waals surface area contributed by atoms with E-state index in [4.69, 9.17) is 9.47 Å². The average Bonchev–Trinajstić information content (AvgIpc) is 2.58. The van der Waals surface area contributed by atoms with Crippen molar-refractivity contribution >= 4 is 5.91 Å². The first-order chi connectivity index (χ1) is 11.9. The Labute approximate surface area is 147 Å². The highest BCUT2D eigenvalue weighted by molar-refractivity contribution is 5.77. The summed E-state index contributed by atoms with van der Waals surface area (Å²) in [5, 5.41) is 2.70. The van der Waals surface area contributed by atoms with Crippen LogP contribution in [-0.2, 0) is 11.3 Å². The van der Waals surface area contributed by atoms with Crippen LogP contribution in [0.5, 0.6) is 11.5 Å². The number of benzene rings is 1. The summed E-state index contributed by atoms with van der Waals surface area (Å²) in [4.78, 5) is 26.7. The molecule has 0 saturated carbocycles. The van der Waals surface area contributed by atoms with Gasteiger partial charge in [-0.25, -0.2) is 0 Å². The fourth-order valence-corrected chi connectivity index (χ4v) is 2.00. The van der Waals surface area contributed by atoms with E-state index in [-0.39, 0.29) is 30.2 Å². The SMILES string of the molecule is Cc1ccc(OCC(=O)NCc2cc(=O)c(OCC(C)C)c[nH]2)cc1. The molecule has 2 N–H and O–H groups in total. The summed E-state index contributed by atoms with van der Waals surface area (Å²) in [5.74, 6) is 1.00. The van der Waals surface area contributed by atoms with E-state index < -0.39 is 0 Å². The third kappa shape index (κ3) is 6.33. The minimum atomic E-state index is -0.262. The number of nitrogens with one attached hydrogen (secondary N) is 2. The molecule has 6 heteroatoms. The number of pyridine rings is 1. The van der Waals surface area contributed by atoms with Gasteiger partial charge in [0.2, 0.25) is 5.43 Å². The molecule has 1 aromatic heterocycles. The van der Waals surface area contributed by atoms with Gasteiger partial charge in [0.25, 0.3) is 5.91 Å². The zero-order chi connectivity index (χ0) is 18.2. The lowest BCUT2D eigenvalue weighted by atomic mass is 10.2. The number of aryl methyl sites for hydroxylation is 1. The van der Waals surface area contributed by atoms with Crippen molar-refractivity contribution in [2.75, 3.05) is 13.2 Å². The van der Waals surface area contributed by atoms with Gasteiger partial charge in [0, 0.05) is 18.0 Å². The zero-order valence-corrected chi connectivity index (χ0v) is 14.8. The van der Waals surface area contributed by atoms with Gasteiger partial charge < -0.3 is 19.8 Å². The lowest BCUT2D eigenvalue weighted by Crippen LogP contribution is -2.29. The largest absolute Gasteiger partial charge is 0.488 e. The molecule has 25 heavy (non-hydrogen) atoms. The molecule has 0 spiro atoms. The lowest BCUT2D eigenvalue weighted by Gasteiger charge is -2.10. The fraction of sp³-hybridized carbons (Fsp3) is 0.368. The Morgan fingerprint density at radius 2 is 1.92 bits per heavy atom. The third-order valence-electron chi connectivity index (χ3n) is 3.38. The number of H-pyrrole nitrogens is 1. The maximum atomic E-state index is 12.0. The van der Waals surface area contributed by atoms with Gasteiger partial charge in [0.05, 0.1) is 13.2 Å². The molecular formula is C19H24N2O4. The number of ether oxygens (including phenoxy) is 2. The summed E-state index contributed by atoms with van der Waals surface area (Å²) < 4.78 is 10.8. The molecule has 0 atom stereocenters. The summed E-state index contributed by atoms with van der Waals surface area (Å²) in [7, 11) is 0. The number of carbonyl (C=O) groups is 1. The van der Waals surface area contributed by atoms with Crippen molar-refractivity contribution in [2.24, 2.45) is 5.92 Å². The molecule has 0 unspecified atom stereocenters. The molecule has 0 bridgehead atoms. The standard InChI is InChI=1S/C19H24N2O4/c1-13(2)11-25-18-10-20-15(8-17(18)22)9-21-19(23)12-24-16-6-4-14(3)5-7-16/h4-8,10,13H,9,11-12H2,1-3H3,(H,20,22)(H,21,23). The van der Waals surface area contributed by atoms with Crippen LogP contribution in [-0.4, -0.2) is 24.1 Å². The third-order valence-corrected chi connectivity index (χ3v) is 3.38. The number of hydrogen-bond acceptors (Lipinski definition) is 4. The topological polar surface area (TPSA) is 80.4 Å². The Hall–Kier alpha value is -2.76. The lowest BCUT2D eigenvalue weighted by molar-refractivity contribution is -0.123. The molecular weight excluding hydrogens is 320 g/mol. The van der Waals surface area contributed by atoms with Crippen molar-refractivity contribution in [1.29, 1.82) is 0 Å². The molecule has 1 amide bonds. The van der Waals surface area contributed by atoms with E-state index in [0.717, 1.165) is 5.56 Å². The Morgan fingerprint density at radius 1 is 1.20 bits per heavy atom. The van der Waals surface area contributed by atoms with Crippen LogP contribution >= 0.6 is 0 Å². The van der Waals surface area contributed by atoms with Crippen molar-refractivity contribution in [3.05, 3.63) is 58.0 Å². The molecule has 0 aliphatic heterocycles. The van der Waals surface area contributed by atoms with E-state index in [1.54, 1.807) is 0 Å². The van der Waals surface area contributed by atoms with E-state index in [2.05, 4.69) is 10.3 Å². The second kappa shape index (κ2) is 8.92. The quantitative estimate of drug-likeness (QED) is 0.771. The Balaban J connectivity index is 1.80. The highest BCUT2D eigenvalue weighted by Crippen LogP contribution is 2.11. The summed E-state index contributed by atoms with van der Waals surface area (Å²) in [6.07, 6.45) is 1.52. The molecule has 1 aromatic carbocycles. The highest BCUT2D eigenvalue weighted by Gasteiger charge is 2.06. The van der Waals surface area contributed by atoms with Crippen molar-refractivity contribution in [2.45, 2.75) is 27.3 Å².